The summed E-state index contributed by atoms with van der Waals surface area (Å²) in [7, 11) is 1.68. The molecule has 2 aliphatic rings. The van der Waals surface area contributed by atoms with Gasteiger partial charge in [-0.2, -0.15) is 0 Å². The van der Waals surface area contributed by atoms with Gasteiger partial charge in [0.15, 0.2) is 5.96 Å². The molecule has 3 rings (SSSR count). The van der Waals surface area contributed by atoms with Crippen LogP contribution in [0, 0.1) is 0 Å². The van der Waals surface area contributed by atoms with Crippen molar-refractivity contribution in [3.8, 4) is 5.75 Å². The van der Waals surface area contributed by atoms with Crippen molar-refractivity contribution in [2.24, 2.45) is 4.99 Å². The number of halogens is 4. The summed E-state index contributed by atoms with van der Waals surface area (Å²) < 4.78 is 47.2. The van der Waals surface area contributed by atoms with E-state index in [-0.39, 0.29) is 41.7 Å². The highest BCUT2D eigenvalue weighted by Gasteiger charge is 2.42. The van der Waals surface area contributed by atoms with Gasteiger partial charge in [0, 0.05) is 45.2 Å². The van der Waals surface area contributed by atoms with Crippen molar-refractivity contribution in [2.75, 3.05) is 46.4 Å². The molecule has 2 fully saturated rings. The zero-order valence-electron chi connectivity index (χ0n) is 15.7. The summed E-state index contributed by atoms with van der Waals surface area (Å²) in [5.74, 6) is 0.501. The minimum Gasteiger partial charge on any atom is -0.405 e. The highest BCUT2D eigenvalue weighted by Crippen LogP contribution is 2.45. The Labute approximate surface area is 179 Å². The number of para-hydroxylation sites is 1. The molecule has 0 spiro atoms. The number of guanidine groups is 1. The van der Waals surface area contributed by atoms with Crippen LogP contribution in [0.2, 0.25) is 0 Å². The van der Waals surface area contributed by atoms with Gasteiger partial charge in [0.2, 0.25) is 0 Å². The molecule has 6 nitrogen and oxygen atoms in total. The molecule has 1 saturated carbocycles. The van der Waals surface area contributed by atoms with Gasteiger partial charge < -0.3 is 20.1 Å². The van der Waals surface area contributed by atoms with Gasteiger partial charge in [0.25, 0.3) is 0 Å². The van der Waals surface area contributed by atoms with E-state index in [1.54, 1.807) is 25.2 Å². The van der Waals surface area contributed by atoms with E-state index in [0.717, 1.165) is 45.8 Å². The molecule has 2 atom stereocenters. The summed E-state index contributed by atoms with van der Waals surface area (Å²) >= 11 is 0. The Bertz CT molecular complexity index is 654. The Balaban J connectivity index is 0.00000280. The van der Waals surface area contributed by atoms with Crippen LogP contribution in [0.25, 0.3) is 0 Å². The van der Waals surface area contributed by atoms with Crippen molar-refractivity contribution in [1.82, 2.24) is 15.5 Å². The molecule has 1 aliphatic carbocycles. The minimum absolute atomic E-state index is 0. The van der Waals surface area contributed by atoms with Gasteiger partial charge in [-0.05, 0) is 18.1 Å². The third-order valence-electron chi connectivity index (χ3n) is 4.70. The molecule has 28 heavy (non-hydrogen) atoms. The highest BCUT2D eigenvalue weighted by molar-refractivity contribution is 14.0. The summed E-state index contributed by atoms with van der Waals surface area (Å²) in [4.78, 5) is 6.51. The molecule has 158 valence electrons. The molecular weight excluding hydrogens is 488 g/mol. The lowest BCUT2D eigenvalue weighted by molar-refractivity contribution is -0.274. The van der Waals surface area contributed by atoms with Crippen LogP contribution in [0.3, 0.4) is 0 Å². The second-order valence-corrected chi connectivity index (χ2v) is 6.63. The molecule has 0 amide bonds. The first-order chi connectivity index (χ1) is 13.0. The number of nitrogens with one attached hydrogen (secondary N) is 2. The molecule has 0 radical (unpaired) electrons. The number of rotatable bonds is 6. The number of aliphatic imine (C=N–C) groups is 1. The van der Waals surface area contributed by atoms with Crippen molar-refractivity contribution < 1.29 is 22.6 Å². The van der Waals surface area contributed by atoms with Crippen LogP contribution in [0.5, 0.6) is 5.75 Å². The van der Waals surface area contributed by atoms with Crippen LogP contribution in [-0.4, -0.2) is 69.7 Å². The molecular formula is C18H26F3IN4O2. The SMILES string of the molecule is CN=C(NCCN1CCOCC1)NC1CC1c1ccccc1OC(F)(F)F.I. The van der Waals surface area contributed by atoms with E-state index in [0.29, 0.717) is 11.5 Å². The zero-order valence-corrected chi connectivity index (χ0v) is 18.0. The van der Waals surface area contributed by atoms with Crippen molar-refractivity contribution in [1.29, 1.82) is 0 Å². The van der Waals surface area contributed by atoms with Crippen molar-refractivity contribution >= 4 is 29.9 Å². The standard InChI is InChI=1S/C18H25F3N4O2.HI/c1-22-17(23-6-7-25-8-10-26-11-9-25)24-15-12-14(15)13-4-2-3-5-16(13)27-18(19,20)21;/h2-5,14-15H,6-12H2,1H3,(H2,22,23,24);1H. The number of hydrogen-bond acceptors (Lipinski definition) is 4. The summed E-state index contributed by atoms with van der Waals surface area (Å²) in [5, 5.41) is 6.53. The van der Waals surface area contributed by atoms with E-state index in [2.05, 4.69) is 25.3 Å². The largest absolute Gasteiger partial charge is 0.573 e. The van der Waals surface area contributed by atoms with Gasteiger partial charge in [-0.15, -0.1) is 37.1 Å². The number of hydrogen-bond donors (Lipinski definition) is 2. The van der Waals surface area contributed by atoms with E-state index < -0.39 is 6.36 Å². The fourth-order valence-electron chi connectivity index (χ4n) is 3.23. The smallest absolute Gasteiger partial charge is 0.405 e. The Morgan fingerprint density at radius 2 is 2.00 bits per heavy atom. The van der Waals surface area contributed by atoms with Crippen LogP contribution < -0.4 is 15.4 Å². The first-order valence-electron chi connectivity index (χ1n) is 9.08. The van der Waals surface area contributed by atoms with E-state index in [1.165, 1.54) is 6.07 Å². The summed E-state index contributed by atoms with van der Waals surface area (Å²) in [6.07, 6.45) is -3.95. The number of alkyl halides is 3. The predicted molar refractivity (Wildman–Crippen MR) is 111 cm³/mol. The maximum Gasteiger partial charge on any atom is 0.573 e. The highest BCUT2D eigenvalue weighted by atomic mass is 127. The second kappa shape index (κ2) is 10.5. The average Bonchev–Trinajstić information content (AvgIpc) is 3.40. The molecule has 1 aromatic rings. The van der Waals surface area contributed by atoms with Gasteiger partial charge in [-0.3, -0.25) is 9.89 Å². The zero-order chi connectivity index (χ0) is 19.3. The lowest BCUT2D eigenvalue weighted by atomic mass is 10.1. The maximum atomic E-state index is 12.6. The average molecular weight is 514 g/mol. The Kier molecular flexibility index (Phi) is 8.62. The van der Waals surface area contributed by atoms with Crippen LogP contribution in [-0.2, 0) is 4.74 Å². The Morgan fingerprint density at radius 1 is 1.29 bits per heavy atom. The third kappa shape index (κ3) is 6.96. The lowest BCUT2D eigenvalue weighted by Crippen LogP contribution is -2.45. The van der Waals surface area contributed by atoms with Gasteiger partial charge in [-0.1, -0.05) is 18.2 Å². The van der Waals surface area contributed by atoms with Gasteiger partial charge in [0.05, 0.1) is 13.2 Å². The van der Waals surface area contributed by atoms with E-state index in [9.17, 15) is 13.2 Å². The molecule has 0 bridgehead atoms. The van der Waals surface area contributed by atoms with E-state index >= 15 is 0 Å². The maximum absolute atomic E-state index is 12.6. The minimum atomic E-state index is -4.69. The quantitative estimate of drug-likeness (QED) is 0.348. The van der Waals surface area contributed by atoms with Gasteiger partial charge in [-0.25, -0.2) is 0 Å². The lowest BCUT2D eigenvalue weighted by Gasteiger charge is -2.26. The Hall–Kier alpha value is -1.27. The van der Waals surface area contributed by atoms with E-state index in [1.807, 2.05) is 0 Å². The van der Waals surface area contributed by atoms with Crippen LogP contribution in [0.15, 0.2) is 29.3 Å². The monoisotopic (exact) mass is 514 g/mol. The van der Waals surface area contributed by atoms with Crippen LogP contribution in [0.1, 0.15) is 17.9 Å². The first kappa shape index (κ1) is 23.0. The molecule has 1 aromatic carbocycles. The summed E-state index contributed by atoms with van der Waals surface area (Å²) in [5.41, 5.74) is 0.566. The summed E-state index contributed by atoms with van der Waals surface area (Å²) in [6, 6.07) is 6.35. The summed E-state index contributed by atoms with van der Waals surface area (Å²) in [6.45, 7) is 5.00. The molecule has 1 saturated heterocycles. The van der Waals surface area contributed by atoms with Crippen LogP contribution >= 0.6 is 24.0 Å². The molecule has 1 heterocycles. The number of benzene rings is 1. The molecule has 2 N–H and O–H groups in total. The number of morpholine rings is 1. The third-order valence-corrected chi connectivity index (χ3v) is 4.70. The van der Waals surface area contributed by atoms with Crippen molar-refractivity contribution in [3.05, 3.63) is 29.8 Å². The first-order valence-corrected chi connectivity index (χ1v) is 9.08. The Morgan fingerprint density at radius 3 is 2.68 bits per heavy atom. The normalized spacial score (nSPS) is 22.9. The predicted octanol–water partition coefficient (Wildman–Crippen LogP) is 2.56. The van der Waals surface area contributed by atoms with Gasteiger partial charge >= 0.3 is 6.36 Å². The molecule has 0 aromatic heterocycles. The molecule has 1 aliphatic heterocycles. The van der Waals surface area contributed by atoms with Crippen molar-refractivity contribution in [3.63, 3.8) is 0 Å². The fraction of sp³-hybridized carbons (Fsp3) is 0.611. The molecule has 10 heteroatoms. The van der Waals surface area contributed by atoms with Crippen LogP contribution in [0.4, 0.5) is 13.2 Å². The fourth-order valence-corrected chi connectivity index (χ4v) is 3.23. The number of nitrogens with zero attached hydrogens (tertiary/aromatic N) is 2. The topological polar surface area (TPSA) is 58.1 Å². The van der Waals surface area contributed by atoms with Crippen molar-refractivity contribution in [2.45, 2.75) is 24.7 Å². The van der Waals surface area contributed by atoms with Gasteiger partial charge in [0.1, 0.15) is 5.75 Å². The number of ether oxygens (including phenoxy) is 2. The molecule has 2 unspecified atom stereocenters. The van der Waals surface area contributed by atoms with E-state index in [4.69, 9.17) is 4.74 Å². The second-order valence-electron chi connectivity index (χ2n) is 6.63.